The molecule has 0 spiro atoms. The minimum atomic E-state index is 0.617. The van der Waals surface area contributed by atoms with Crippen LogP contribution in [0.15, 0.2) is 6.20 Å². The van der Waals surface area contributed by atoms with Crippen LogP contribution in [0.25, 0.3) is 0 Å². The van der Waals surface area contributed by atoms with Crippen molar-refractivity contribution >= 4 is 0 Å². The zero-order valence-electron chi connectivity index (χ0n) is 13.6. The number of nitrogens with zero attached hydrogens (tertiary/aromatic N) is 2. The number of nitrogens with one attached hydrogen (secondary N) is 1. The molecular formula is C18H29N3. The summed E-state index contributed by atoms with van der Waals surface area (Å²) in [7, 11) is 0. The van der Waals surface area contributed by atoms with Crippen LogP contribution in [0.2, 0.25) is 0 Å². The summed E-state index contributed by atoms with van der Waals surface area (Å²) in [5.41, 5.74) is 2.74. The van der Waals surface area contributed by atoms with Crippen LogP contribution in [-0.4, -0.2) is 23.1 Å². The summed E-state index contributed by atoms with van der Waals surface area (Å²) in [5, 5.41) is 3.48. The quantitative estimate of drug-likeness (QED) is 0.921. The molecular weight excluding hydrogens is 258 g/mol. The van der Waals surface area contributed by atoms with Crippen LogP contribution in [0.3, 0.4) is 0 Å². The molecule has 0 saturated heterocycles. The molecule has 1 aromatic heterocycles. The van der Waals surface area contributed by atoms with E-state index in [-0.39, 0.29) is 0 Å². The fourth-order valence-electron chi connectivity index (χ4n) is 3.84. The summed E-state index contributed by atoms with van der Waals surface area (Å²) in [6.07, 6.45) is 11.0. The number of hydrogen-bond donors (Lipinski definition) is 1. The average Bonchev–Trinajstić information content (AvgIpc) is 2.53. The Balaban J connectivity index is 1.66. The smallest absolute Gasteiger partial charge is 0.131 e. The SMILES string of the molecule is CCNCC1CCc2nc(C3CCC(C)CC3)ncc2C1. The van der Waals surface area contributed by atoms with Crippen LogP contribution in [0, 0.1) is 11.8 Å². The van der Waals surface area contributed by atoms with Crippen LogP contribution >= 0.6 is 0 Å². The fraction of sp³-hybridized carbons (Fsp3) is 0.778. The van der Waals surface area contributed by atoms with Gasteiger partial charge < -0.3 is 5.32 Å². The van der Waals surface area contributed by atoms with E-state index in [1.807, 2.05) is 0 Å². The molecule has 2 aliphatic rings. The van der Waals surface area contributed by atoms with Gasteiger partial charge in [0.1, 0.15) is 5.82 Å². The molecule has 116 valence electrons. The molecule has 0 amide bonds. The molecule has 1 unspecified atom stereocenters. The van der Waals surface area contributed by atoms with Crippen molar-refractivity contribution in [1.82, 2.24) is 15.3 Å². The van der Waals surface area contributed by atoms with E-state index < -0.39 is 0 Å². The third kappa shape index (κ3) is 3.63. The summed E-state index contributed by atoms with van der Waals surface area (Å²) < 4.78 is 0. The second-order valence-corrected chi connectivity index (χ2v) is 7.07. The summed E-state index contributed by atoms with van der Waals surface area (Å²) in [4.78, 5) is 9.67. The van der Waals surface area contributed by atoms with Crippen molar-refractivity contribution < 1.29 is 0 Å². The second-order valence-electron chi connectivity index (χ2n) is 7.07. The first-order valence-electron chi connectivity index (χ1n) is 8.81. The Labute approximate surface area is 129 Å². The monoisotopic (exact) mass is 287 g/mol. The first-order chi connectivity index (χ1) is 10.3. The highest BCUT2D eigenvalue weighted by atomic mass is 14.9. The van der Waals surface area contributed by atoms with Crippen molar-refractivity contribution in [3.05, 3.63) is 23.3 Å². The highest BCUT2D eigenvalue weighted by Crippen LogP contribution is 2.34. The molecule has 21 heavy (non-hydrogen) atoms. The third-order valence-electron chi connectivity index (χ3n) is 5.33. The molecule has 1 atom stereocenters. The van der Waals surface area contributed by atoms with E-state index in [1.54, 1.807) is 0 Å². The van der Waals surface area contributed by atoms with E-state index in [4.69, 9.17) is 9.97 Å². The number of hydrogen-bond acceptors (Lipinski definition) is 3. The second kappa shape index (κ2) is 6.87. The van der Waals surface area contributed by atoms with Gasteiger partial charge in [-0.1, -0.05) is 26.7 Å². The molecule has 0 bridgehead atoms. The minimum Gasteiger partial charge on any atom is -0.317 e. The highest BCUT2D eigenvalue weighted by Gasteiger charge is 2.25. The highest BCUT2D eigenvalue weighted by molar-refractivity contribution is 5.22. The summed E-state index contributed by atoms with van der Waals surface area (Å²) in [6.45, 7) is 6.75. The lowest BCUT2D eigenvalue weighted by atomic mass is 9.82. The molecule has 0 aromatic carbocycles. The van der Waals surface area contributed by atoms with Crippen LogP contribution in [0.4, 0.5) is 0 Å². The number of aryl methyl sites for hydroxylation is 1. The molecule has 0 aliphatic heterocycles. The number of aromatic nitrogens is 2. The molecule has 2 aliphatic carbocycles. The molecule has 1 fully saturated rings. The van der Waals surface area contributed by atoms with Gasteiger partial charge in [0.25, 0.3) is 0 Å². The van der Waals surface area contributed by atoms with E-state index in [0.717, 1.165) is 43.6 Å². The van der Waals surface area contributed by atoms with E-state index in [2.05, 4.69) is 25.4 Å². The van der Waals surface area contributed by atoms with Crippen molar-refractivity contribution in [1.29, 1.82) is 0 Å². The molecule has 3 heteroatoms. The Morgan fingerprint density at radius 1 is 1.19 bits per heavy atom. The van der Waals surface area contributed by atoms with Crippen molar-refractivity contribution in [2.75, 3.05) is 13.1 Å². The van der Waals surface area contributed by atoms with Gasteiger partial charge in [-0.05, 0) is 62.6 Å². The van der Waals surface area contributed by atoms with E-state index >= 15 is 0 Å². The minimum absolute atomic E-state index is 0.617. The van der Waals surface area contributed by atoms with E-state index in [1.165, 1.54) is 43.4 Å². The number of fused-ring (bicyclic) bond motifs is 1. The fourth-order valence-corrected chi connectivity index (χ4v) is 3.84. The Hall–Kier alpha value is -0.960. The van der Waals surface area contributed by atoms with Gasteiger partial charge in [-0.3, -0.25) is 0 Å². The predicted molar refractivity (Wildman–Crippen MR) is 86.5 cm³/mol. The van der Waals surface area contributed by atoms with Crippen molar-refractivity contribution in [2.45, 2.75) is 64.7 Å². The molecule has 3 rings (SSSR count). The van der Waals surface area contributed by atoms with Crippen molar-refractivity contribution in [3.63, 3.8) is 0 Å². The van der Waals surface area contributed by atoms with Gasteiger partial charge in [-0.15, -0.1) is 0 Å². The van der Waals surface area contributed by atoms with Gasteiger partial charge in [-0.2, -0.15) is 0 Å². The van der Waals surface area contributed by atoms with Crippen LogP contribution in [0.5, 0.6) is 0 Å². The molecule has 1 heterocycles. The average molecular weight is 287 g/mol. The Morgan fingerprint density at radius 2 is 2.00 bits per heavy atom. The third-order valence-corrected chi connectivity index (χ3v) is 5.33. The molecule has 1 saturated carbocycles. The first kappa shape index (κ1) is 15.0. The van der Waals surface area contributed by atoms with Gasteiger partial charge >= 0.3 is 0 Å². The van der Waals surface area contributed by atoms with Gasteiger partial charge in [0.2, 0.25) is 0 Å². The van der Waals surface area contributed by atoms with Crippen LogP contribution in [-0.2, 0) is 12.8 Å². The lowest BCUT2D eigenvalue weighted by molar-refractivity contribution is 0.338. The molecule has 0 radical (unpaired) electrons. The maximum Gasteiger partial charge on any atom is 0.131 e. The Morgan fingerprint density at radius 3 is 2.76 bits per heavy atom. The Bertz CT molecular complexity index is 464. The van der Waals surface area contributed by atoms with Crippen molar-refractivity contribution in [2.24, 2.45) is 11.8 Å². The van der Waals surface area contributed by atoms with Crippen LogP contribution in [0.1, 0.15) is 69.0 Å². The summed E-state index contributed by atoms with van der Waals surface area (Å²) in [6, 6.07) is 0. The number of rotatable bonds is 4. The zero-order valence-corrected chi connectivity index (χ0v) is 13.6. The molecule has 1 N–H and O–H groups in total. The maximum absolute atomic E-state index is 4.95. The topological polar surface area (TPSA) is 37.8 Å². The predicted octanol–water partition coefficient (Wildman–Crippen LogP) is 3.48. The first-order valence-corrected chi connectivity index (χ1v) is 8.81. The lowest BCUT2D eigenvalue weighted by Crippen LogP contribution is -2.28. The normalized spacial score (nSPS) is 29.1. The van der Waals surface area contributed by atoms with Gasteiger partial charge in [0, 0.05) is 17.8 Å². The Kier molecular flexibility index (Phi) is 4.89. The summed E-state index contributed by atoms with van der Waals surface area (Å²) >= 11 is 0. The maximum atomic E-state index is 4.95. The molecule has 3 nitrogen and oxygen atoms in total. The van der Waals surface area contributed by atoms with E-state index in [0.29, 0.717) is 5.92 Å². The van der Waals surface area contributed by atoms with Gasteiger partial charge in [0.05, 0.1) is 0 Å². The summed E-state index contributed by atoms with van der Waals surface area (Å²) in [5.74, 6) is 3.41. The zero-order chi connectivity index (χ0) is 14.7. The van der Waals surface area contributed by atoms with E-state index in [9.17, 15) is 0 Å². The molecule has 1 aromatic rings. The van der Waals surface area contributed by atoms with Gasteiger partial charge in [-0.25, -0.2) is 9.97 Å². The van der Waals surface area contributed by atoms with Crippen LogP contribution < -0.4 is 5.32 Å². The lowest BCUT2D eigenvalue weighted by Gasteiger charge is -2.27. The largest absolute Gasteiger partial charge is 0.317 e. The standard InChI is InChI=1S/C18H29N3/c1-3-19-11-14-6-9-17-16(10-14)12-20-18(21-17)15-7-4-13(2)5-8-15/h12-15,19H,3-11H2,1-2H3. The van der Waals surface area contributed by atoms with Crippen molar-refractivity contribution in [3.8, 4) is 0 Å². The van der Waals surface area contributed by atoms with Gasteiger partial charge in [0.15, 0.2) is 0 Å².